The SMILES string of the molecule is Cc1c(S)cc(CN2CCNCC2)cc1C#C[Si](C)(C)C. The predicted molar refractivity (Wildman–Crippen MR) is 96.8 cm³/mol. The lowest BCUT2D eigenvalue weighted by atomic mass is 10.0. The van der Waals surface area contributed by atoms with Gasteiger partial charge in [0.05, 0.1) is 0 Å². The summed E-state index contributed by atoms with van der Waals surface area (Å²) in [6.45, 7) is 14.4. The van der Waals surface area contributed by atoms with Crippen molar-refractivity contribution in [3.8, 4) is 11.5 Å². The van der Waals surface area contributed by atoms with Gasteiger partial charge in [-0.1, -0.05) is 25.6 Å². The summed E-state index contributed by atoms with van der Waals surface area (Å²) in [6.07, 6.45) is 0. The second-order valence-corrected chi connectivity index (χ2v) is 12.0. The first-order valence-corrected chi connectivity index (χ1v) is 11.6. The topological polar surface area (TPSA) is 15.3 Å². The van der Waals surface area contributed by atoms with Gasteiger partial charge in [-0.05, 0) is 30.2 Å². The van der Waals surface area contributed by atoms with Crippen LogP contribution in [0.25, 0.3) is 0 Å². The summed E-state index contributed by atoms with van der Waals surface area (Å²) >= 11 is 4.63. The third-order valence-electron chi connectivity index (χ3n) is 3.63. The van der Waals surface area contributed by atoms with E-state index in [-0.39, 0.29) is 0 Å². The molecule has 0 radical (unpaired) electrons. The highest BCUT2D eigenvalue weighted by Gasteiger charge is 2.12. The van der Waals surface area contributed by atoms with Gasteiger partial charge in [-0.2, -0.15) is 0 Å². The monoisotopic (exact) mass is 318 g/mol. The molecule has 1 aromatic carbocycles. The zero-order valence-electron chi connectivity index (χ0n) is 13.6. The van der Waals surface area contributed by atoms with Gasteiger partial charge in [-0.25, -0.2) is 0 Å². The lowest BCUT2D eigenvalue weighted by molar-refractivity contribution is 0.233. The third kappa shape index (κ3) is 5.19. The fraction of sp³-hybridized carbons (Fsp3) is 0.529. The van der Waals surface area contributed by atoms with Crippen LogP contribution in [0.5, 0.6) is 0 Å². The Kier molecular flexibility index (Phi) is 5.56. The number of hydrogen-bond acceptors (Lipinski definition) is 3. The van der Waals surface area contributed by atoms with Gasteiger partial charge >= 0.3 is 0 Å². The molecule has 0 unspecified atom stereocenters. The fourth-order valence-electron chi connectivity index (χ4n) is 2.36. The molecular weight excluding hydrogens is 292 g/mol. The van der Waals surface area contributed by atoms with E-state index < -0.39 is 8.07 Å². The van der Waals surface area contributed by atoms with E-state index in [1.54, 1.807) is 0 Å². The number of benzene rings is 1. The molecule has 0 saturated carbocycles. The molecule has 1 aromatic rings. The van der Waals surface area contributed by atoms with Crippen molar-refractivity contribution >= 4 is 20.7 Å². The zero-order valence-corrected chi connectivity index (χ0v) is 15.5. The first kappa shape index (κ1) is 16.6. The van der Waals surface area contributed by atoms with Crippen LogP contribution in [-0.4, -0.2) is 39.2 Å². The quantitative estimate of drug-likeness (QED) is 0.495. The molecule has 0 aliphatic carbocycles. The first-order valence-electron chi connectivity index (χ1n) is 7.64. The minimum Gasteiger partial charge on any atom is -0.314 e. The second-order valence-electron chi connectivity index (χ2n) is 6.81. The Morgan fingerprint density at radius 3 is 2.52 bits per heavy atom. The lowest BCUT2D eigenvalue weighted by Crippen LogP contribution is -2.42. The minimum absolute atomic E-state index is 0.997. The van der Waals surface area contributed by atoms with E-state index in [9.17, 15) is 0 Å². The highest BCUT2D eigenvalue weighted by atomic mass is 32.1. The van der Waals surface area contributed by atoms with Crippen LogP contribution in [0.2, 0.25) is 19.6 Å². The van der Waals surface area contributed by atoms with Crippen molar-refractivity contribution in [1.29, 1.82) is 0 Å². The van der Waals surface area contributed by atoms with Gasteiger partial charge in [0.25, 0.3) is 0 Å². The zero-order chi connectivity index (χ0) is 15.5. The van der Waals surface area contributed by atoms with Crippen LogP contribution in [0.3, 0.4) is 0 Å². The fourth-order valence-corrected chi connectivity index (χ4v) is 3.16. The normalized spacial score (nSPS) is 16.4. The number of rotatable bonds is 2. The number of hydrogen-bond donors (Lipinski definition) is 2. The molecule has 0 spiro atoms. The number of nitrogens with zero attached hydrogens (tertiary/aromatic N) is 1. The predicted octanol–water partition coefficient (Wildman–Crippen LogP) is 2.92. The molecule has 1 fully saturated rings. The maximum absolute atomic E-state index is 4.63. The maximum Gasteiger partial charge on any atom is 0.129 e. The molecule has 0 atom stereocenters. The first-order chi connectivity index (χ1) is 9.85. The molecule has 1 aliphatic heterocycles. The van der Waals surface area contributed by atoms with Crippen molar-refractivity contribution < 1.29 is 0 Å². The third-order valence-corrected chi connectivity index (χ3v) is 4.97. The number of nitrogens with one attached hydrogen (secondary N) is 1. The van der Waals surface area contributed by atoms with E-state index in [1.165, 1.54) is 11.1 Å². The molecule has 21 heavy (non-hydrogen) atoms. The van der Waals surface area contributed by atoms with Gasteiger partial charge in [0, 0.05) is 43.2 Å². The van der Waals surface area contributed by atoms with Crippen molar-refractivity contribution in [3.05, 3.63) is 28.8 Å². The summed E-state index contributed by atoms with van der Waals surface area (Å²) in [5, 5.41) is 3.39. The molecule has 0 aromatic heterocycles. The Morgan fingerprint density at radius 2 is 1.90 bits per heavy atom. The Labute approximate surface area is 135 Å². The van der Waals surface area contributed by atoms with Gasteiger partial charge in [-0.15, -0.1) is 18.2 Å². The molecule has 114 valence electrons. The minimum atomic E-state index is -1.34. The Balaban J connectivity index is 2.22. The molecule has 1 N–H and O–H groups in total. The summed E-state index contributed by atoms with van der Waals surface area (Å²) in [5.41, 5.74) is 7.14. The van der Waals surface area contributed by atoms with E-state index in [0.29, 0.717) is 0 Å². The summed E-state index contributed by atoms with van der Waals surface area (Å²) in [4.78, 5) is 3.55. The van der Waals surface area contributed by atoms with Crippen molar-refractivity contribution in [3.63, 3.8) is 0 Å². The van der Waals surface area contributed by atoms with Crippen molar-refractivity contribution in [2.75, 3.05) is 26.2 Å². The van der Waals surface area contributed by atoms with Crippen LogP contribution < -0.4 is 5.32 Å². The highest BCUT2D eigenvalue weighted by Crippen LogP contribution is 2.21. The Hall–Kier alpha value is -0.733. The molecule has 1 aliphatic rings. The van der Waals surface area contributed by atoms with Crippen molar-refractivity contribution in [2.24, 2.45) is 0 Å². The van der Waals surface area contributed by atoms with E-state index in [0.717, 1.165) is 43.2 Å². The Morgan fingerprint density at radius 1 is 1.24 bits per heavy atom. The van der Waals surface area contributed by atoms with Gasteiger partial charge in [-0.3, -0.25) is 4.90 Å². The summed E-state index contributed by atoms with van der Waals surface area (Å²) in [5.74, 6) is 3.40. The van der Waals surface area contributed by atoms with E-state index in [2.05, 4.69) is 73.0 Å². The molecule has 4 heteroatoms. The van der Waals surface area contributed by atoms with Crippen LogP contribution in [0.4, 0.5) is 0 Å². The smallest absolute Gasteiger partial charge is 0.129 e. The maximum atomic E-state index is 4.63. The van der Waals surface area contributed by atoms with E-state index in [4.69, 9.17) is 0 Å². The van der Waals surface area contributed by atoms with Gasteiger partial charge in [0.1, 0.15) is 8.07 Å². The summed E-state index contributed by atoms with van der Waals surface area (Å²) < 4.78 is 0. The van der Waals surface area contributed by atoms with Crippen LogP contribution in [0.1, 0.15) is 16.7 Å². The molecule has 0 amide bonds. The molecule has 2 rings (SSSR count). The average molecular weight is 319 g/mol. The molecular formula is C17H26N2SSi. The van der Waals surface area contributed by atoms with Gasteiger partial charge in [0.15, 0.2) is 0 Å². The van der Waals surface area contributed by atoms with E-state index >= 15 is 0 Å². The molecule has 2 nitrogen and oxygen atoms in total. The van der Waals surface area contributed by atoms with E-state index in [1.807, 2.05) is 0 Å². The van der Waals surface area contributed by atoms with Crippen molar-refractivity contribution in [1.82, 2.24) is 10.2 Å². The summed E-state index contributed by atoms with van der Waals surface area (Å²) in [7, 11) is -1.34. The molecule has 0 bridgehead atoms. The average Bonchev–Trinajstić information content (AvgIpc) is 2.41. The molecule has 1 saturated heterocycles. The van der Waals surface area contributed by atoms with Gasteiger partial charge < -0.3 is 5.32 Å². The standard InChI is InChI=1S/C17H26N2SSi/c1-14-16(5-10-21(2,3)4)11-15(12-17(14)20)13-19-8-6-18-7-9-19/h11-12,18,20H,6-9,13H2,1-4H3. The second kappa shape index (κ2) is 7.02. The number of piperazine rings is 1. The number of thiol groups is 1. The van der Waals surface area contributed by atoms with Crippen molar-refractivity contribution in [2.45, 2.75) is 38.0 Å². The highest BCUT2D eigenvalue weighted by molar-refractivity contribution is 7.80. The molecule has 1 heterocycles. The van der Waals surface area contributed by atoms with Gasteiger partial charge in [0.2, 0.25) is 0 Å². The lowest BCUT2D eigenvalue weighted by Gasteiger charge is -2.27. The summed E-state index contributed by atoms with van der Waals surface area (Å²) in [6, 6.07) is 4.45. The van der Waals surface area contributed by atoms with Crippen LogP contribution >= 0.6 is 12.6 Å². The van der Waals surface area contributed by atoms with Crippen LogP contribution in [-0.2, 0) is 6.54 Å². The van der Waals surface area contributed by atoms with Crippen LogP contribution in [0.15, 0.2) is 17.0 Å². The van der Waals surface area contributed by atoms with Crippen LogP contribution in [0, 0.1) is 18.4 Å². The largest absolute Gasteiger partial charge is 0.314 e. The Bertz CT molecular complexity index is 561.